The monoisotopic (exact) mass is 226 g/mol. The number of piperazine rings is 1. The molecule has 94 valence electrons. The van der Waals surface area contributed by atoms with Gasteiger partial charge in [0.25, 0.3) is 0 Å². The van der Waals surface area contributed by atoms with Gasteiger partial charge in [-0.2, -0.15) is 0 Å². The van der Waals surface area contributed by atoms with Crippen LogP contribution in [-0.2, 0) is 4.74 Å². The molecule has 1 saturated carbocycles. The van der Waals surface area contributed by atoms with E-state index in [0.29, 0.717) is 6.04 Å². The summed E-state index contributed by atoms with van der Waals surface area (Å²) >= 11 is 0. The molecular formula is C13H26N2O. The van der Waals surface area contributed by atoms with Crippen molar-refractivity contribution in [1.29, 1.82) is 0 Å². The maximum atomic E-state index is 5.73. The SMILES string of the molecule is COC1(CN2CC(C)(C)NCC2C)CCC1. The third-order valence-electron chi connectivity index (χ3n) is 4.29. The van der Waals surface area contributed by atoms with Gasteiger partial charge in [-0.05, 0) is 40.0 Å². The first-order valence-electron chi connectivity index (χ1n) is 6.51. The lowest BCUT2D eigenvalue weighted by atomic mass is 9.79. The molecule has 1 heterocycles. The molecule has 0 amide bonds. The first-order valence-corrected chi connectivity index (χ1v) is 6.51. The van der Waals surface area contributed by atoms with E-state index in [9.17, 15) is 0 Å². The van der Waals surface area contributed by atoms with Crippen molar-refractivity contribution in [3.63, 3.8) is 0 Å². The summed E-state index contributed by atoms with van der Waals surface area (Å²) in [5, 5.41) is 3.60. The minimum absolute atomic E-state index is 0.168. The molecule has 1 atom stereocenters. The molecular weight excluding hydrogens is 200 g/mol. The van der Waals surface area contributed by atoms with Crippen molar-refractivity contribution in [2.45, 2.75) is 57.2 Å². The average molecular weight is 226 g/mol. The number of hydrogen-bond donors (Lipinski definition) is 1. The van der Waals surface area contributed by atoms with Gasteiger partial charge in [0.05, 0.1) is 5.60 Å². The van der Waals surface area contributed by atoms with E-state index in [1.807, 2.05) is 7.11 Å². The van der Waals surface area contributed by atoms with Gasteiger partial charge >= 0.3 is 0 Å². The molecule has 2 aliphatic rings. The summed E-state index contributed by atoms with van der Waals surface area (Å²) in [7, 11) is 1.87. The lowest BCUT2D eigenvalue weighted by molar-refractivity contribution is -0.103. The van der Waals surface area contributed by atoms with E-state index in [-0.39, 0.29) is 11.1 Å². The zero-order chi connectivity index (χ0) is 11.8. The number of rotatable bonds is 3. The summed E-state index contributed by atoms with van der Waals surface area (Å²) in [5.41, 5.74) is 0.410. The van der Waals surface area contributed by atoms with Gasteiger partial charge in [-0.3, -0.25) is 4.90 Å². The number of nitrogens with zero attached hydrogens (tertiary/aromatic N) is 1. The smallest absolute Gasteiger partial charge is 0.0805 e. The summed E-state index contributed by atoms with van der Waals surface area (Å²) < 4.78 is 5.73. The highest BCUT2D eigenvalue weighted by Gasteiger charge is 2.41. The van der Waals surface area contributed by atoms with Crippen molar-refractivity contribution >= 4 is 0 Å². The van der Waals surface area contributed by atoms with Crippen LogP contribution in [0.3, 0.4) is 0 Å². The third-order valence-corrected chi connectivity index (χ3v) is 4.29. The maximum absolute atomic E-state index is 5.73. The van der Waals surface area contributed by atoms with Gasteiger partial charge in [-0.15, -0.1) is 0 Å². The summed E-state index contributed by atoms with van der Waals surface area (Å²) in [4.78, 5) is 2.60. The molecule has 3 nitrogen and oxygen atoms in total. The van der Waals surface area contributed by atoms with E-state index in [0.717, 1.165) is 19.6 Å². The Balaban J connectivity index is 1.96. The van der Waals surface area contributed by atoms with E-state index in [4.69, 9.17) is 4.74 Å². The maximum Gasteiger partial charge on any atom is 0.0805 e. The molecule has 2 rings (SSSR count). The Kier molecular flexibility index (Phi) is 3.30. The van der Waals surface area contributed by atoms with Gasteiger partial charge in [0.2, 0.25) is 0 Å². The predicted octanol–water partition coefficient (Wildman–Crippen LogP) is 1.63. The van der Waals surface area contributed by atoms with Crippen LogP contribution in [0.5, 0.6) is 0 Å². The van der Waals surface area contributed by atoms with Crippen LogP contribution in [0.15, 0.2) is 0 Å². The molecule has 1 aliphatic carbocycles. The highest BCUT2D eigenvalue weighted by Crippen LogP contribution is 2.36. The van der Waals surface area contributed by atoms with E-state index in [1.165, 1.54) is 19.3 Å². The Morgan fingerprint density at radius 3 is 2.56 bits per heavy atom. The fraction of sp³-hybridized carbons (Fsp3) is 1.00. The number of hydrogen-bond acceptors (Lipinski definition) is 3. The molecule has 3 heteroatoms. The highest BCUT2D eigenvalue weighted by atomic mass is 16.5. The van der Waals surface area contributed by atoms with Gasteiger partial charge in [-0.25, -0.2) is 0 Å². The molecule has 1 unspecified atom stereocenters. The summed E-state index contributed by atoms with van der Waals surface area (Å²) in [6, 6.07) is 0.626. The van der Waals surface area contributed by atoms with Gasteiger partial charge in [-0.1, -0.05) is 0 Å². The topological polar surface area (TPSA) is 24.5 Å². The quantitative estimate of drug-likeness (QED) is 0.791. The normalized spacial score (nSPS) is 33.4. The lowest BCUT2D eigenvalue weighted by Gasteiger charge is -2.50. The van der Waals surface area contributed by atoms with Crippen LogP contribution in [0.2, 0.25) is 0 Å². The van der Waals surface area contributed by atoms with Gasteiger partial charge in [0, 0.05) is 38.3 Å². The van der Waals surface area contributed by atoms with Crippen LogP contribution in [0, 0.1) is 0 Å². The molecule has 1 aliphatic heterocycles. The summed E-state index contributed by atoms with van der Waals surface area (Å²) in [5.74, 6) is 0. The van der Waals surface area contributed by atoms with E-state index in [1.54, 1.807) is 0 Å². The molecule has 0 aromatic carbocycles. The second-order valence-corrected chi connectivity index (χ2v) is 6.26. The molecule has 0 aromatic rings. The number of nitrogens with one attached hydrogen (secondary N) is 1. The lowest BCUT2D eigenvalue weighted by Crippen LogP contribution is -2.64. The Labute approximate surface area is 99.5 Å². The van der Waals surface area contributed by atoms with Crippen molar-refractivity contribution in [3.05, 3.63) is 0 Å². The second-order valence-electron chi connectivity index (χ2n) is 6.26. The minimum Gasteiger partial charge on any atom is -0.377 e. The van der Waals surface area contributed by atoms with Crippen molar-refractivity contribution in [1.82, 2.24) is 10.2 Å². The van der Waals surface area contributed by atoms with Crippen LogP contribution < -0.4 is 5.32 Å². The first kappa shape index (κ1) is 12.3. The van der Waals surface area contributed by atoms with E-state index in [2.05, 4.69) is 31.0 Å². The molecule has 0 aromatic heterocycles. The van der Waals surface area contributed by atoms with Gasteiger partial charge < -0.3 is 10.1 Å². The second kappa shape index (κ2) is 4.28. The predicted molar refractivity (Wildman–Crippen MR) is 66.7 cm³/mol. The first-order chi connectivity index (χ1) is 7.46. The average Bonchev–Trinajstić information content (AvgIpc) is 2.17. The minimum atomic E-state index is 0.168. The molecule has 0 bridgehead atoms. The Bertz CT molecular complexity index is 243. The highest BCUT2D eigenvalue weighted by molar-refractivity contribution is 4.97. The molecule has 16 heavy (non-hydrogen) atoms. The van der Waals surface area contributed by atoms with Crippen molar-refractivity contribution in [2.75, 3.05) is 26.7 Å². The fourth-order valence-electron chi connectivity index (χ4n) is 2.85. The third kappa shape index (κ3) is 2.41. The number of methoxy groups -OCH3 is 1. The molecule has 0 spiro atoms. The summed E-state index contributed by atoms with van der Waals surface area (Å²) in [6.07, 6.45) is 3.80. The fourth-order valence-corrected chi connectivity index (χ4v) is 2.85. The van der Waals surface area contributed by atoms with Gasteiger partial charge in [0.15, 0.2) is 0 Å². The zero-order valence-corrected chi connectivity index (χ0v) is 11.2. The Hall–Kier alpha value is -0.120. The van der Waals surface area contributed by atoms with Crippen LogP contribution in [-0.4, -0.2) is 48.8 Å². The Morgan fingerprint density at radius 1 is 1.38 bits per heavy atom. The standard InChI is InChI=1S/C13H26N2O/c1-11-8-14-12(2,3)9-15(11)10-13(16-4)6-5-7-13/h11,14H,5-10H2,1-4H3. The van der Waals surface area contributed by atoms with E-state index < -0.39 is 0 Å². The molecule has 0 radical (unpaired) electrons. The summed E-state index contributed by atoms with van der Waals surface area (Å²) in [6.45, 7) is 10.2. The van der Waals surface area contributed by atoms with Gasteiger partial charge in [0.1, 0.15) is 0 Å². The van der Waals surface area contributed by atoms with E-state index >= 15 is 0 Å². The molecule has 1 saturated heterocycles. The largest absolute Gasteiger partial charge is 0.377 e. The molecule has 1 N–H and O–H groups in total. The van der Waals surface area contributed by atoms with Crippen molar-refractivity contribution < 1.29 is 4.74 Å². The Morgan fingerprint density at radius 2 is 2.06 bits per heavy atom. The van der Waals surface area contributed by atoms with Crippen molar-refractivity contribution in [3.8, 4) is 0 Å². The molecule has 2 fully saturated rings. The van der Waals surface area contributed by atoms with Crippen LogP contribution >= 0.6 is 0 Å². The number of ether oxygens (including phenoxy) is 1. The van der Waals surface area contributed by atoms with Crippen LogP contribution in [0.25, 0.3) is 0 Å². The van der Waals surface area contributed by atoms with Crippen molar-refractivity contribution in [2.24, 2.45) is 0 Å². The van der Waals surface area contributed by atoms with Crippen LogP contribution in [0.1, 0.15) is 40.0 Å². The zero-order valence-electron chi connectivity index (χ0n) is 11.2. The van der Waals surface area contributed by atoms with Crippen LogP contribution in [0.4, 0.5) is 0 Å².